The predicted molar refractivity (Wildman–Crippen MR) is 119 cm³/mol. The maximum atomic E-state index is 12.1. The number of carbonyl (C=O) groups excluding carboxylic acids is 1. The van der Waals surface area contributed by atoms with E-state index in [2.05, 4.69) is 40.0 Å². The van der Waals surface area contributed by atoms with Gasteiger partial charge in [-0.05, 0) is 48.2 Å². The number of ether oxygens (including phenoxy) is 1. The van der Waals surface area contributed by atoms with Gasteiger partial charge in [-0.25, -0.2) is 0 Å². The van der Waals surface area contributed by atoms with E-state index in [1.165, 1.54) is 5.56 Å². The van der Waals surface area contributed by atoms with Gasteiger partial charge >= 0.3 is 0 Å². The van der Waals surface area contributed by atoms with Gasteiger partial charge in [0.05, 0.1) is 7.11 Å². The SMILES string of the molecule is CCCCNC(=O)c1ccc(CNC(=NC)NCCc2ccc(OC)cc2)cc1. The monoisotopic (exact) mass is 396 g/mol. The summed E-state index contributed by atoms with van der Waals surface area (Å²) in [6.45, 7) is 4.25. The van der Waals surface area contributed by atoms with E-state index in [4.69, 9.17) is 4.74 Å². The molecule has 0 aliphatic rings. The summed E-state index contributed by atoms with van der Waals surface area (Å²) in [6, 6.07) is 15.7. The van der Waals surface area contributed by atoms with Crippen LogP contribution in [0.2, 0.25) is 0 Å². The van der Waals surface area contributed by atoms with E-state index < -0.39 is 0 Å². The van der Waals surface area contributed by atoms with Crippen molar-refractivity contribution < 1.29 is 9.53 Å². The van der Waals surface area contributed by atoms with Crippen LogP contribution in [0.3, 0.4) is 0 Å². The zero-order chi connectivity index (χ0) is 20.9. The summed E-state index contributed by atoms with van der Waals surface area (Å²) in [6.07, 6.45) is 2.96. The molecule has 2 aromatic rings. The molecule has 0 aliphatic heterocycles. The lowest BCUT2D eigenvalue weighted by molar-refractivity contribution is 0.0953. The van der Waals surface area contributed by atoms with E-state index in [1.54, 1.807) is 14.2 Å². The summed E-state index contributed by atoms with van der Waals surface area (Å²) in [7, 11) is 3.43. The molecule has 0 saturated heterocycles. The minimum absolute atomic E-state index is 0.0195. The quantitative estimate of drug-likeness (QED) is 0.328. The van der Waals surface area contributed by atoms with Crippen molar-refractivity contribution in [3.63, 3.8) is 0 Å². The largest absolute Gasteiger partial charge is 0.497 e. The average Bonchev–Trinajstić information content (AvgIpc) is 2.77. The molecule has 156 valence electrons. The minimum Gasteiger partial charge on any atom is -0.497 e. The van der Waals surface area contributed by atoms with Crippen LogP contribution in [0, 0.1) is 0 Å². The molecule has 3 N–H and O–H groups in total. The number of guanidine groups is 1. The number of carbonyl (C=O) groups is 1. The summed E-state index contributed by atoms with van der Waals surface area (Å²) >= 11 is 0. The number of hydrogen-bond donors (Lipinski definition) is 3. The van der Waals surface area contributed by atoms with Crippen molar-refractivity contribution in [3.05, 3.63) is 65.2 Å². The second-order valence-corrected chi connectivity index (χ2v) is 6.76. The van der Waals surface area contributed by atoms with Gasteiger partial charge in [-0.3, -0.25) is 9.79 Å². The number of nitrogens with zero attached hydrogens (tertiary/aromatic N) is 1. The summed E-state index contributed by atoms with van der Waals surface area (Å²) in [4.78, 5) is 16.3. The molecule has 0 atom stereocenters. The smallest absolute Gasteiger partial charge is 0.251 e. The second-order valence-electron chi connectivity index (χ2n) is 6.76. The Balaban J connectivity index is 1.74. The summed E-state index contributed by atoms with van der Waals surface area (Å²) in [5.41, 5.74) is 3.02. The maximum absolute atomic E-state index is 12.1. The third-order valence-corrected chi connectivity index (χ3v) is 4.58. The van der Waals surface area contributed by atoms with Crippen molar-refractivity contribution in [1.29, 1.82) is 0 Å². The van der Waals surface area contributed by atoms with Crippen molar-refractivity contribution in [3.8, 4) is 5.75 Å². The first-order chi connectivity index (χ1) is 14.2. The molecule has 0 aliphatic carbocycles. The van der Waals surface area contributed by atoms with Crippen LogP contribution in [-0.4, -0.2) is 39.1 Å². The molecule has 0 bridgehead atoms. The Kier molecular flexibility index (Phi) is 9.55. The highest BCUT2D eigenvalue weighted by Crippen LogP contribution is 2.11. The first kappa shape index (κ1) is 22.3. The molecule has 0 unspecified atom stereocenters. The molecule has 0 aromatic heterocycles. The number of nitrogens with one attached hydrogen (secondary N) is 3. The van der Waals surface area contributed by atoms with Crippen LogP contribution in [0.25, 0.3) is 0 Å². The van der Waals surface area contributed by atoms with Gasteiger partial charge in [0.1, 0.15) is 5.75 Å². The lowest BCUT2D eigenvalue weighted by Crippen LogP contribution is -2.37. The molecule has 29 heavy (non-hydrogen) atoms. The Hall–Kier alpha value is -3.02. The molecule has 0 radical (unpaired) electrons. The van der Waals surface area contributed by atoms with Gasteiger partial charge in [0.2, 0.25) is 0 Å². The molecule has 6 heteroatoms. The third-order valence-electron chi connectivity index (χ3n) is 4.58. The molecular formula is C23H32N4O2. The van der Waals surface area contributed by atoms with E-state index in [0.717, 1.165) is 49.6 Å². The summed E-state index contributed by atoms with van der Waals surface area (Å²) < 4.78 is 5.18. The first-order valence-corrected chi connectivity index (χ1v) is 10.1. The maximum Gasteiger partial charge on any atom is 0.251 e. The van der Waals surface area contributed by atoms with E-state index in [1.807, 2.05) is 36.4 Å². The normalized spacial score (nSPS) is 11.1. The first-order valence-electron chi connectivity index (χ1n) is 10.1. The van der Waals surface area contributed by atoms with Gasteiger partial charge < -0.3 is 20.7 Å². The van der Waals surface area contributed by atoms with Gasteiger partial charge in [0.15, 0.2) is 5.96 Å². The predicted octanol–water partition coefficient (Wildman–Crippen LogP) is 3.13. The van der Waals surface area contributed by atoms with Crippen molar-refractivity contribution in [2.45, 2.75) is 32.7 Å². The van der Waals surface area contributed by atoms with E-state index in [-0.39, 0.29) is 5.91 Å². The lowest BCUT2D eigenvalue weighted by atomic mass is 10.1. The Morgan fingerprint density at radius 1 is 0.931 bits per heavy atom. The number of benzene rings is 2. The Morgan fingerprint density at radius 3 is 2.24 bits per heavy atom. The average molecular weight is 397 g/mol. The molecule has 0 spiro atoms. The van der Waals surface area contributed by atoms with Crippen LogP contribution in [0.15, 0.2) is 53.5 Å². The number of hydrogen-bond acceptors (Lipinski definition) is 3. The van der Waals surface area contributed by atoms with E-state index in [0.29, 0.717) is 12.1 Å². The van der Waals surface area contributed by atoms with Gasteiger partial charge in [-0.2, -0.15) is 0 Å². The number of aliphatic imine (C=N–C) groups is 1. The Labute approximate surface area is 173 Å². The van der Waals surface area contributed by atoms with Gasteiger partial charge in [0.25, 0.3) is 5.91 Å². The zero-order valence-corrected chi connectivity index (χ0v) is 17.6. The van der Waals surface area contributed by atoms with Crippen LogP contribution in [-0.2, 0) is 13.0 Å². The van der Waals surface area contributed by atoms with E-state index >= 15 is 0 Å². The number of unbranched alkanes of at least 4 members (excludes halogenated alkanes) is 1. The Bertz CT molecular complexity index is 770. The van der Waals surface area contributed by atoms with Crippen molar-refractivity contribution in [2.24, 2.45) is 4.99 Å². The van der Waals surface area contributed by atoms with Gasteiger partial charge in [-0.1, -0.05) is 37.6 Å². The topological polar surface area (TPSA) is 74.8 Å². The third kappa shape index (κ3) is 7.86. The molecule has 0 heterocycles. The molecule has 1 amide bonds. The van der Waals surface area contributed by atoms with Crippen LogP contribution < -0.4 is 20.7 Å². The minimum atomic E-state index is -0.0195. The molecule has 0 saturated carbocycles. The van der Waals surface area contributed by atoms with Gasteiger partial charge in [-0.15, -0.1) is 0 Å². The van der Waals surface area contributed by atoms with E-state index in [9.17, 15) is 4.79 Å². The molecule has 0 fully saturated rings. The highest BCUT2D eigenvalue weighted by molar-refractivity contribution is 5.94. The van der Waals surface area contributed by atoms with Crippen LogP contribution in [0.1, 0.15) is 41.3 Å². The zero-order valence-electron chi connectivity index (χ0n) is 17.6. The van der Waals surface area contributed by atoms with Crippen molar-refractivity contribution >= 4 is 11.9 Å². The molecule has 2 aromatic carbocycles. The number of rotatable bonds is 10. The van der Waals surface area contributed by atoms with Gasteiger partial charge in [0, 0.05) is 32.2 Å². The van der Waals surface area contributed by atoms with Crippen LogP contribution >= 0.6 is 0 Å². The molecule has 6 nitrogen and oxygen atoms in total. The lowest BCUT2D eigenvalue weighted by Gasteiger charge is -2.12. The highest BCUT2D eigenvalue weighted by Gasteiger charge is 2.05. The summed E-state index contributed by atoms with van der Waals surface area (Å²) in [5.74, 6) is 1.59. The van der Waals surface area contributed by atoms with Crippen LogP contribution in [0.4, 0.5) is 0 Å². The molecule has 2 rings (SSSR count). The second kappa shape index (κ2) is 12.4. The van der Waals surface area contributed by atoms with Crippen LogP contribution in [0.5, 0.6) is 5.75 Å². The highest BCUT2D eigenvalue weighted by atomic mass is 16.5. The fourth-order valence-corrected chi connectivity index (χ4v) is 2.78. The number of amides is 1. The van der Waals surface area contributed by atoms with Crippen molar-refractivity contribution in [1.82, 2.24) is 16.0 Å². The Morgan fingerprint density at radius 2 is 1.62 bits per heavy atom. The summed E-state index contributed by atoms with van der Waals surface area (Å²) in [5, 5.41) is 9.55. The number of methoxy groups -OCH3 is 1. The van der Waals surface area contributed by atoms with Crippen molar-refractivity contribution in [2.75, 3.05) is 27.2 Å². The molecular weight excluding hydrogens is 364 g/mol. The fourth-order valence-electron chi connectivity index (χ4n) is 2.78. The fraction of sp³-hybridized carbons (Fsp3) is 0.391. The standard InChI is InChI=1S/C23H32N4O2/c1-4-5-15-25-22(28)20-10-6-19(7-11-20)17-27-23(24-2)26-16-14-18-8-12-21(29-3)13-9-18/h6-13H,4-5,14-17H2,1-3H3,(H,25,28)(H2,24,26,27).